The Morgan fingerprint density at radius 2 is 0.754 bits per heavy atom. The van der Waals surface area contributed by atoms with Gasteiger partial charge in [0.25, 0.3) is 5.24 Å². The fourth-order valence-corrected chi connectivity index (χ4v) is 11.5. The largest absolute Gasteiger partial charge is 0.276 e. The van der Waals surface area contributed by atoms with Crippen LogP contribution in [0.4, 0.5) is 0 Å². The molecule has 2 aliphatic carbocycles. The molecule has 0 saturated heterocycles. The number of halogens is 1. The Morgan fingerprint density at radius 1 is 0.400 bits per heavy atom. The second-order valence-electron chi connectivity index (χ2n) is 22.2. The number of hydrogen-bond donors (Lipinski definition) is 0. The highest BCUT2D eigenvalue weighted by Crippen LogP contribution is 2.63. The van der Waals surface area contributed by atoms with Gasteiger partial charge in [0.15, 0.2) is 0 Å². The standard InChI is InChI=1S/C61H63ClN2O/c1-36-27-53(38-23-25-49-51(32-38)58(7,8)60(11,12)56(49,3)4)63-34-47(36)45-21-17-15-19-43(45)40-29-41(31-42(30-40)55(62)65)44-20-16-18-22-46(44)48-35-64-54(28-37(48)2)39-24-26-50-52(33-39)59(9,10)61(13,14)57(50,5)6/h15-35H,1-14H3. The van der Waals surface area contributed by atoms with Gasteiger partial charge in [-0.05, 0) is 167 Å². The van der Waals surface area contributed by atoms with E-state index in [1.165, 1.54) is 22.3 Å². The van der Waals surface area contributed by atoms with Crippen LogP contribution in [-0.2, 0) is 21.7 Å². The van der Waals surface area contributed by atoms with E-state index in [-0.39, 0.29) is 32.5 Å². The molecular weight excluding hydrogens is 812 g/mol. The van der Waals surface area contributed by atoms with Crippen LogP contribution >= 0.6 is 11.6 Å². The summed E-state index contributed by atoms with van der Waals surface area (Å²) in [6.07, 6.45) is 4.01. The molecule has 4 heteroatoms. The fraction of sp³-hybridized carbons (Fsp3) is 0.328. The van der Waals surface area contributed by atoms with Crippen LogP contribution in [0.5, 0.6) is 0 Å². The number of fused-ring (bicyclic) bond motifs is 2. The van der Waals surface area contributed by atoms with Crippen LogP contribution in [0.3, 0.4) is 0 Å². The van der Waals surface area contributed by atoms with E-state index < -0.39 is 5.24 Å². The Labute approximate surface area is 392 Å². The van der Waals surface area contributed by atoms with Gasteiger partial charge in [0, 0.05) is 40.2 Å². The average Bonchev–Trinajstić information content (AvgIpc) is 3.45. The summed E-state index contributed by atoms with van der Waals surface area (Å²) in [5, 5.41) is -0.499. The first kappa shape index (κ1) is 44.6. The maximum absolute atomic E-state index is 13.1. The molecule has 2 aromatic heterocycles. The molecule has 0 unspecified atom stereocenters. The minimum absolute atomic E-state index is 0.00463. The lowest BCUT2D eigenvalue weighted by atomic mass is 9.59. The van der Waals surface area contributed by atoms with E-state index in [0.717, 1.165) is 78.1 Å². The Hall–Kier alpha value is -5.64. The number of aryl methyl sites for hydroxylation is 2. The number of carbonyl (C=O) groups is 1. The van der Waals surface area contributed by atoms with Crippen LogP contribution in [-0.4, -0.2) is 15.2 Å². The summed E-state index contributed by atoms with van der Waals surface area (Å²) < 4.78 is 0. The van der Waals surface area contributed by atoms with Gasteiger partial charge in [0.05, 0.1) is 11.4 Å². The van der Waals surface area contributed by atoms with E-state index in [1.54, 1.807) is 0 Å². The molecular formula is C61H63ClN2O. The Balaban J connectivity index is 1.08. The minimum atomic E-state index is -0.499. The molecule has 0 spiro atoms. The van der Waals surface area contributed by atoms with Gasteiger partial charge in [0.2, 0.25) is 0 Å². The van der Waals surface area contributed by atoms with Crippen molar-refractivity contribution in [3.8, 4) is 67.0 Å². The SMILES string of the molecule is Cc1cc(-c2ccc3c(c2)C(C)(C)C(C)(C)C3(C)C)ncc1-c1ccccc1-c1cc(C(=O)Cl)cc(-c2ccccc2-c2cnc(-c3ccc4c(c3)C(C)(C)C(C)(C)C4(C)C)cc2C)c1. The van der Waals surface area contributed by atoms with Gasteiger partial charge < -0.3 is 0 Å². The molecule has 0 bridgehead atoms. The zero-order chi connectivity index (χ0) is 46.8. The van der Waals surface area contributed by atoms with Crippen molar-refractivity contribution in [1.29, 1.82) is 0 Å². The van der Waals surface area contributed by atoms with E-state index in [1.807, 2.05) is 36.7 Å². The molecule has 65 heavy (non-hydrogen) atoms. The summed E-state index contributed by atoms with van der Waals surface area (Å²) in [5.41, 5.74) is 20.8. The van der Waals surface area contributed by atoms with E-state index >= 15 is 0 Å². The summed E-state index contributed by atoms with van der Waals surface area (Å²) in [6.45, 7) is 33.0. The molecule has 2 aliphatic rings. The van der Waals surface area contributed by atoms with Gasteiger partial charge in [-0.1, -0.05) is 156 Å². The topological polar surface area (TPSA) is 42.9 Å². The summed E-state index contributed by atoms with van der Waals surface area (Å²) in [6, 6.07) is 41.1. The lowest BCUT2D eigenvalue weighted by molar-refractivity contribution is 0.108. The summed E-state index contributed by atoms with van der Waals surface area (Å²) >= 11 is 6.35. The maximum atomic E-state index is 13.1. The number of benzene rings is 5. The Kier molecular flexibility index (Phi) is 10.2. The van der Waals surface area contributed by atoms with Crippen LogP contribution in [0.25, 0.3) is 67.0 Å². The molecule has 0 atom stereocenters. The maximum Gasteiger partial charge on any atom is 0.252 e. The average molecular weight is 876 g/mol. The predicted molar refractivity (Wildman–Crippen MR) is 274 cm³/mol. The van der Waals surface area contributed by atoms with Crippen molar-refractivity contribution in [3.05, 3.63) is 167 Å². The quantitative estimate of drug-likeness (QED) is 0.150. The summed E-state index contributed by atoms with van der Waals surface area (Å²) in [7, 11) is 0. The van der Waals surface area contributed by atoms with E-state index in [9.17, 15) is 4.79 Å². The first-order valence-corrected chi connectivity index (χ1v) is 23.6. The molecule has 330 valence electrons. The Bertz CT molecular complexity index is 2910. The highest BCUT2D eigenvalue weighted by molar-refractivity contribution is 6.67. The van der Waals surface area contributed by atoms with Crippen molar-refractivity contribution >= 4 is 16.8 Å². The lowest BCUT2D eigenvalue weighted by Crippen LogP contribution is -2.42. The first-order chi connectivity index (χ1) is 30.4. The van der Waals surface area contributed by atoms with Gasteiger partial charge in [-0.2, -0.15) is 0 Å². The van der Waals surface area contributed by atoms with Gasteiger partial charge in [-0.25, -0.2) is 0 Å². The zero-order valence-corrected chi connectivity index (χ0v) is 41.6. The monoisotopic (exact) mass is 874 g/mol. The third-order valence-corrected chi connectivity index (χ3v) is 18.2. The van der Waals surface area contributed by atoms with Crippen LogP contribution in [0, 0.1) is 24.7 Å². The highest BCUT2D eigenvalue weighted by Gasteiger charge is 2.58. The van der Waals surface area contributed by atoms with Crippen LogP contribution in [0.15, 0.2) is 128 Å². The summed E-state index contributed by atoms with van der Waals surface area (Å²) in [4.78, 5) is 23.3. The third kappa shape index (κ3) is 6.54. The molecule has 0 N–H and O–H groups in total. The Morgan fingerprint density at radius 3 is 1.11 bits per heavy atom. The molecule has 5 aromatic carbocycles. The normalized spacial score (nSPS) is 18.0. The molecule has 3 nitrogen and oxygen atoms in total. The molecule has 9 rings (SSSR count). The van der Waals surface area contributed by atoms with Crippen LogP contribution in [0.1, 0.15) is 127 Å². The van der Waals surface area contributed by atoms with Gasteiger partial charge in [0.1, 0.15) is 0 Å². The van der Waals surface area contributed by atoms with E-state index in [4.69, 9.17) is 21.6 Å². The summed E-state index contributed by atoms with van der Waals surface area (Å²) in [5.74, 6) is 0. The van der Waals surface area contributed by atoms with Crippen molar-refractivity contribution in [2.24, 2.45) is 10.8 Å². The van der Waals surface area contributed by atoms with Crippen LogP contribution < -0.4 is 0 Å². The smallest absolute Gasteiger partial charge is 0.252 e. The number of hydrogen-bond acceptors (Lipinski definition) is 3. The molecule has 0 fully saturated rings. The second kappa shape index (κ2) is 14.9. The minimum Gasteiger partial charge on any atom is -0.276 e. The number of pyridine rings is 2. The van der Waals surface area contributed by atoms with Gasteiger partial charge >= 0.3 is 0 Å². The van der Waals surface area contributed by atoms with Gasteiger partial charge in [-0.3, -0.25) is 14.8 Å². The fourth-order valence-electron chi connectivity index (χ4n) is 11.4. The number of rotatable bonds is 7. The lowest BCUT2D eigenvalue weighted by Gasteiger charge is -2.44. The molecule has 2 heterocycles. The number of nitrogens with zero attached hydrogens (tertiary/aromatic N) is 2. The highest BCUT2D eigenvalue weighted by atomic mass is 35.5. The number of aromatic nitrogens is 2. The van der Waals surface area contributed by atoms with Crippen molar-refractivity contribution in [3.63, 3.8) is 0 Å². The first-order valence-electron chi connectivity index (χ1n) is 23.2. The van der Waals surface area contributed by atoms with Gasteiger partial charge in [-0.15, -0.1) is 0 Å². The van der Waals surface area contributed by atoms with Crippen LogP contribution in [0.2, 0.25) is 0 Å². The molecule has 7 aromatic rings. The molecule has 0 aliphatic heterocycles. The second-order valence-corrected chi connectivity index (χ2v) is 22.5. The molecule has 0 radical (unpaired) electrons. The van der Waals surface area contributed by atoms with Crippen molar-refractivity contribution in [2.75, 3.05) is 0 Å². The molecule has 0 saturated carbocycles. The van der Waals surface area contributed by atoms with Crippen molar-refractivity contribution < 1.29 is 4.79 Å². The van der Waals surface area contributed by atoms with Crippen molar-refractivity contribution in [2.45, 2.75) is 119 Å². The zero-order valence-electron chi connectivity index (χ0n) is 40.8. The van der Waals surface area contributed by atoms with Crippen molar-refractivity contribution in [1.82, 2.24) is 9.97 Å². The van der Waals surface area contributed by atoms with E-state index in [0.29, 0.717) is 5.56 Å². The van der Waals surface area contributed by atoms with E-state index in [2.05, 4.69) is 188 Å². The predicted octanol–water partition coefficient (Wildman–Crippen LogP) is 16.7. The molecule has 0 amide bonds. The third-order valence-electron chi connectivity index (χ3n) is 18.0. The number of carbonyl (C=O) groups excluding carboxylic acids is 1.